The molecule has 0 aromatic carbocycles. The highest BCUT2D eigenvalue weighted by molar-refractivity contribution is 5.76. The van der Waals surface area contributed by atoms with Crippen LogP contribution in [0.15, 0.2) is 0 Å². The summed E-state index contributed by atoms with van der Waals surface area (Å²) in [7, 11) is 0. The van der Waals surface area contributed by atoms with Crippen molar-refractivity contribution in [3.63, 3.8) is 0 Å². The molecule has 0 spiro atoms. The minimum Gasteiger partial charge on any atom is -0.339 e. The number of hydrogen-bond acceptors (Lipinski definition) is 2. The largest absolute Gasteiger partial charge is 0.339 e. The van der Waals surface area contributed by atoms with Crippen LogP contribution < -0.4 is 5.73 Å². The van der Waals surface area contributed by atoms with Gasteiger partial charge in [-0.25, -0.2) is 0 Å². The Bertz CT molecular complexity index is 323. The second kappa shape index (κ2) is 6.93. The lowest BCUT2D eigenvalue weighted by molar-refractivity contribution is -0.137. The molecule has 116 valence electrons. The summed E-state index contributed by atoms with van der Waals surface area (Å²) in [5, 5.41) is 0. The van der Waals surface area contributed by atoms with E-state index in [1.54, 1.807) is 0 Å². The van der Waals surface area contributed by atoms with Gasteiger partial charge < -0.3 is 10.6 Å². The van der Waals surface area contributed by atoms with Gasteiger partial charge in [0.25, 0.3) is 0 Å². The van der Waals surface area contributed by atoms with Crippen molar-refractivity contribution in [3.8, 4) is 0 Å². The average molecular weight is 280 g/mol. The van der Waals surface area contributed by atoms with E-state index in [-0.39, 0.29) is 0 Å². The van der Waals surface area contributed by atoms with Crippen LogP contribution >= 0.6 is 0 Å². The van der Waals surface area contributed by atoms with E-state index in [9.17, 15) is 4.79 Å². The highest BCUT2D eigenvalue weighted by Gasteiger charge is 2.32. The monoisotopic (exact) mass is 280 g/mol. The topological polar surface area (TPSA) is 46.3 Å². The van der Waals surface area contributed by atoms with Crippen LogP contribution in [0, 0.1) is 17.8 Å². The van der Waals surface area contributed by atoms with Gasteiger partial charge in [-0.2, -0.15) is 0 Å². The summed E-state index contributed by atoms with van der Waals surface area (Å²) in [6.45, 7) is 7.72. The number of nitrogens with two attached hydrogens (primary N) is 1. The Hall–Kier alpha value is -0.570. The van der Waals surface area contributed by atoms with Gasteiger partial charge in [0.05, 0.1) is 0 Å². The number of carbonyl (C=O) groups excluding carboxylic acids is 1. The van der Waals surface area contributed by atoms with Crippen LogP contribution in [-0.4, -0.2) is 29.4 Å². The summed E-state index contributed by atoms with van der Waals surface area (Å²) in [5.74, 6) is 2.40. The molecule has 2 aliphatic rings. The molecule has 1 saturated heterocycles. The third-order valence-corrected chi connectivity index (χ3v) is 5.58. The van der Waals surface area contributed by atoms with E-state index in [0.717, 1.165) is 38.1 Å². The van der Waals surface area contributed by atoms with E-state index in [2.05, 4.69) is 25.7 Å². The van der Waals surface area contributed by atoms with E-state index < -0.39 is 0 Å². The zero-order chi connectivity index (χ0) is 14.7. The summed E-state index contributed by atoms with van der Waals surface area (Å²) in [6.07, 6.45) is 7.79. The van der Waals surface area contributed by atoms with E-state index in [4.69, 9.17) is 5.73 Å². The molecule has 2 fully saturated rings. The van der Waals surface area contributed by atoms with Gasteiger partial charge in [-0.15, -0.1) is 0 Å². The third kappa shape index (κ3) is 3.97. The number of piperidine rings is 1. The van der Waals surface area contributed by atoms with Crippen LogP contribution in [0.3, 0.4) is 0 Å². The molecule has 0 aromatic heterocycles. The molecule has 1 saturated carbocycles. The van der Waals surface area contributed by atoms with Crippen LogP contribution in [0.2, 0.25) is 0 Å². The summed E-state index contributed by atoms with van der Waals surface area (Å²) in [6, 6.07) is 0.823. The van der Waals surface area contributed by atoms with Crippen molar-refractivity contribution in [2.75, 3.05) is 6.54 Å². The Morgan fingerprint density at radius 3 is 2.45 bits per heavy atom. The first-order valence-electron chi connectivity index (χ1n) is 8.52. The molecular weight excluding hydrogens is 248 g/mol. The molecule has 1 aliphatic carbocycles. The SMILES string of the molecule is CC1CC(C)C(C)N(C(=O)CCC2CCC(N)CC2)C1. The normalized spacial score (nSPS) is 38.8. The van der Waals surface area contributed by atoms with Crippen LogP contribution in [0.4, 0.5) is 0 Å². The van der Waals surface area contributed by atoms with Crippen molar-refractivity contribution >= 4 is 5.91 Å². The maximum Gasteiger partial charge on any atom is 0.222 e. The Morgan fingerprint density at radius 2 is 1.80 bits per heavy atom. The fourth-order valence-electron chi connectivity index (χ4n) is 3.99. The van der Waals surface area contributed by atoms with Crippen LogP contribution in [0.5, 0.6) is 0 Å². The van der Waals surface area contributed by atoms with Crippen molar-refractivity contribution in [1.29, 1.82) is 0 Å². The predicted molar refractivity (Wildman–Crippen MR) is 83.3 cm³/mol. The van der Waals surface area contributed by atoms with E-state index in [1.807, 2.05) is 0 Å². The average Bonchev–Trinajstić information content (AvgIpc) is 2.42. The van der Waals surface area contributed by atoms with Gasteiger partial charge in [0, 0.05) is 25.0 Å². The molecule has 3 unspecified atom stereocenters. The zero-order valence-electron chi connectivity index (χ0n) is 13.5. The van der Waals surface area contributed by atoms with E-state index >= 15 is 0 Å². The molecule has 1 heterocycles. The van der Waals surface area contributed by atoms with Gasteiger partial charge >= 0.3 is 0 Å². The van der Waals surface area contributed by atoms with Crippen molar-refractivity contribution in [1.82, 2.24) is 4.90 Å². The first-order chi connectivity index (χ1) is 9.47. The molecule has 1 aliphatic heterocycles. The number of rotatable bonds is 3. The molecule has 3 atom stereocenters. The molecule has 1 amide bonds. The predicted octanol–water partition coefficient (Wildman–Crippen LogP) is 3.18. The summed E-state index contributed by atoms with van der Waals surface area (Å²) in [5.41, 5.74) is 5.94. The van der Waals surface area contributed by atoms with E-state index in [1.165, 1.54) is 19.3 Å². The summed E-state index contributed by atoms with van der Waals surface area (Å²) < 4.78 is 0. The standard InChI is InChI=1S/C17H32N2O/c1-12-10-13(2)14(3)19(11-12)17(20)9-6-15-4-7-16(18)8-5-15/h12-16H,4-11,18H2,1-3H3. The number of hydrogen-bond donors (Lipinski definition) is 1. The van der Waals surface area contributed by atoms with Gasteiger partial charge in [0.2, 0.25) is 5.91 Å². The van der Waals surface area contributed by atoms with Crippen molar-refractivity contribution in [2.24, 2.45) is 23.5 Å². The molecule has 20 heavy (non-hydrogen) atoms. The molecule has 0 radical (unpaired) electrons. The summed E-state index contributed by atoms with van der Waals surface area (Å²) >= 11 is 0. The van der Waals surface area contributed by atoms with E-state index in [0.29, 0.717) is 29.8 Å². The minimum absolute atomic E-state index is 0.380. The second-order valence-corrected chi connectivity index (χ2v) is 7.42. The molecule has 2 rings (SSSR count). The number of amides is 1. The maximum absolute atomic E-state index is 12.5. The number of carbonyl (C=O) groups is 1. The maximum atomic E-state index is 12.5. The van der Waals surface area contributed by atoms with Gasteiger partial charge in [-0.1, -0.05) is 13.8 Å². The van der Waals surface area contributed by atoms with Crippen molar-refractivity contribution in [3.05, 3.63) is 0 Å². The summed E-state index contributed by atoms with van der Waals surface area (Å²) in [4.78, 5) is 14.7. The van der Waals surface area contributed by atoms with Gasteiger partial charge in [0.15, 0.2) is 0 Å². The third-order valence-electron chi connectivity index (χ3n) is 5.58. The highest BCUT2D eigenvalue weighted by Crippen LogP contribution is 2.30. The van der Waals surface area contributed by atoms with Crippen molar-refractivity contribution < 1.29 is 4.79 Å². The first kappa shape index (κ1) is 15.8. The number of nitrogens with zero attached hydrogens (tertiary/aromatic N) is 1. The lowest BCUT2D eigenvalue weighted by Crippen LogP contribution is -2.48. The fourth-order valence-corrected chi connectivity index (χ4v) is 3.99. The quantitative estimate of drug-likeness (QED) is 0.863. The molecular formula is C17H32N2O. The molecule has 3 nitrogen and oxygen atoms in total. The first-order valence-corrected chi connectivity index (χ1v) is 8.52. The Balaban J connectivity index is 1.79. The van der Waals surface area contributed by atoms with Gasteiger partial charge in [-0.05, 0) is 63.2 Å². The van der Waals surface area contributed by atoms with Crippen molar-refractivity contribution in [2.45, 2.75) is 77.8 Å². The van der Waals surface area contributed by atoms with Gasteiger partial charge in [-0.3, -0.25) is 4.79 Å². The minimum atomic E-state index is 0.380. The van der Waals surface area contributed by atoms with Crippen LogP contribution in [-0.2, 0) is 4.79 Å². The molecule has 3 heteroatoms. The Kier molecular flexibility index (Phi) is 5.48. The van der Waals surface area contributed by atoms with Crippen LogP contribution in [0.1, 0.15) is 65.7 Å². The van der Waals surface area contributed by atoms with Gasteiger partial charge in [0.1, 0.15) is 0 Å². The zero-order valence-corrected chi connectivity index (χ0v) is 13.5. The Labute approximate surface area is 124 Å². The molecule has 2 N–H and O–H groups in total. The highest BCUT2D eigenvalue weighted by atomic mass is 16.2. The lowest BCUT2D eigenvalue weighted by atomic mass is 9.83. The van der Waals surface area contributed by atoms with Crippen LogP contribution in [0.25, 0.3) is 0 Å². The molecule has 0 bridgehead atoms. The smallest absolute Gasteiger partial charge is 0.222 e. The number of likely N-dealkylation sites (tertiary alicyclic amines) is 1. The second-order valence-electron chi connectivity index (χ2n) is 7.42. The fraction of sp³-hybridized carbons (Fsp3) is 0.941. The molecule has 0 aromatic rings. The lowest BCUT2D eigenvalue weighted by Gasteiger charge is -2.41. The Morgan fingerprint density at radius 1 is 1.15 bits per heavy atom.